The van der Waals surface area contributed by atoms with Crippen molar-refractivity contribution in [1.29, 1.82) is 0 Å². The van der Waals surface area contributed by atoms with Crippen molar-refractivity contribution in [3.63, 3.8) is 0 Å². The molecule has 0 aliphatic heterocycles. The summed E-state index contributed by atoms with van der Waals surface area (Å²) < 4.78 is 31.7. The summed E-state index contributed by atoms with van der Waals surface area (Å²) in [6.07, 6.45) is -0.350. The maximum absolute atomic E-state index is 13.5. The molecule has 2 rings (SSSR count). The molecule has 1 aromatic carbocycles. The van der Waals surface area contributed by atoms with Gasteiger partial charge in [-0.1, -0.05) is 6.92 Å². The first-order valence-electron chi connectivity index (χ1n) is 7.38. The van der Waals surface area contributed by atoms with Crippen LogP contribution in [0.3, 0.4) is 0 Å². The Hall–Kier alpha value is -2.28. The van der Waals surface area contributed by atoms with Crippen LogP contribution in [0.4, 0.5) is 14.5 Å². The maximum atomic E-state index is 13.5. The van der Waals surface area contributed by atoms with Crippen molar-refractivity contribution >= 4 is 28.9 Å². The fourth-order valence-electron chi connectivity index (χ4n) is 2.07. The highest BCUT2D eigenvalue weighted by Crippen LogP contribution is 2.23. The lowest BCUT2D eigenvalue weighted by molar-refractivity contribution is -0.123. The number of aryl methyl sites for hydroxylation is 2. The summed E-state index contributed by atoms with van der Waals surface area (Å²) in [6.45, 7) is 5.25. The van der Waals surface area contributed by atoms with Crippen LogP contribution in [0.5, 0.6) is 0 Å². The van der Waals surface area contributed by atoms with Gasteiger partial charge in [-0.05, 0) is 44.0 Å². The first-order chi connectivity index (χ1) is 11.3. The third-order valence-corrected chi connectivity index (χ3v) is 4.51. The molecule has 1 heterocycles. The van der Waals surface area contributed by atoms with E-state index < -0.39 is 29.6 Å². The Morgan fingerprint density at radius 2 is 2.00 bits per heavy atom. The molecule has 128 valence electrons. The van der Waals surface area contributed by atoms with E-state index in [0.29, 0.717) is 4.88 Å². The van der Waals surface area contributed by atoms with Crippen molar-refractivity contribution in [2.75, 3.05) is 5.32 Å². The molecule has 0 aliphatic carbocycles. The van der Waals surface area contributed by atoms with Gasteiger partial charge in [-0.15, -0.1) is 11.3 Å². The zero-order valence-electron chi connectivity index (χ0n) is 13.5. The van der Waals surface area contributed by atoms with Crippen molar-refractivity contribution in [2.45, 2.75) is 33.3 Å². The number of halogens is 2. The quantitative estimate of drug-likeness (QED) is 0.824. The molecule has 1 amide bonds. The number of esters is 1. The van der Waals surface area contributed by atoms with E-state index >= 15 is 0 Å². The van der Waals surface area contributed by atoms with E-state index in [4.69, 9.17) is 4.74 Å². The number of benzene rings is 1. The molecule has 24 heavy (non-hydrogen) atoms. The number of hydrogen-bond acceptors (Lipinski definition) is 4. The molecule has 0 bridgehead atoms. The molecule has 0 radical (unpaired) electrons. The minimum atomic E-state index is -1.15. The largest absolute Gasteiger partial charge is 0.448 e. The molecule has 7 heteroatoms. The minimum Gasteiger partial charge on any atom is -0.448 e. The van der Waals surface area contributed by atoms with Crippen LogP contribution in [0, 0.1) is 18.6 Å². The van der Waals surface area contributed by atoms with Crippen molar-refractivity contribution in [1.82, 2.24) is 0 Å². The van der Waals surface area contributed by atoms with Crippen LogP contribution in [0.25, 0.3) is 0 Å². The fraction of sp³-hybridized carbons (Fsp3) is 0.294. The van der Waals surface area contributed by atoms with Gasteiger partial charge in [-0.2, -0.15) is 0 Å². The molecule has 0 saturated carbocycles. The molecule has 1 aromatic heterocycles. The van der Waals surface area contributed by atoms with Gasteiger partial charge >= 0.3 is 5.97 Å². The Kier molecular flexibility index (Phi) is 5.66. The summed E-state index contributed by atoms with van der Waals surface area (Å²) in [5.41, 5.74) is 0.744. The molecule has 0 saturated heterocycles. The Labute approximate surface area is 142 Å². The van der Waals surface area contributed by atoms with Gasteiger partial charge in [0.25, 0.3) is 5.91 Å². The Balaban J connectivity index is 2.02. The zero-order chi connectivity index (χ0) is 17.9. The molecule has 0 unspecified atom stereocenters. The first-order valence-corrected chi connectivity index (χ1v) is 8.19. The molecule has 1 atom stereocenters. The lowest BCUT2D eigenvalue weighted by Crippen LogP contribution is -2.30. The predicted octanol–water partition coefficient (Wildman–Crippen LogP) is 4.08. The van der Waals surface area contributed by atoms with Crippen molar-refractivity contribution in [3.8, 4) is 0 Å². The average Bonchev–Trinajstić information content (AvgIpc) is 2.92. The smallest absolute Gasteiger partial charge is 0.349 e. The number of amides is 1. The Bertz CT molecular complexity index is 773. The number of thiophene rings is 1. The van der Waals surface area contributed by atoms with Gasteiger partial charge in [0.05, 0.1) is 5.69 Å². The molecule has 0 aliphatic rings. The normalized spacial score (nSPS) is 11.9. The van der Waals surface area contributed by atoms with Crippen LogP contribution in [0.15, 0.2) is 24.3 Å². The van der Waals surface area contributed by atoms with Crippen LogP contribution in [0.2, 0.25) is 0 Å². The van der Waals surface area contributed by atoms with E-state index in [9.17, 15) is 18.4 Å². The molecule has 0 fully saturated rings. The average molecular weight is 353 g/mol. The van der Waals surface area contributed by atoms with E-state index in [2.05, 4.69) is 5.32 Å². The first kappa shape index (κ1) is 18.1. The summed E-state index contributed by atoms with van der Waals surface area (Å²) in [4.78, 5) is 25.5. The summed E-state index contributed by atoms with van der Waals surface area (Å²) in [5.74, 6) is -2.82. The predicted molar refractivity (Wildman–Crippen MR) is 88.3 cm³/mol. The van der Waals surface area contributed by atoms with Crippen molar-refractivity contribution in [3.05, 3.63) is 51.2 Å². The zero-order valence-corrected chi connectivity index (χ0v) is 14.3. The summed E-state index contributed by atoms with van der Waals surface area (Å²) in [7, 11) is 0. The molecular weight excluding hydrogens is 336 g/mol. The maximum Gasteiger partial charge on any atom is 0.349 e. The number of nitrogens with one attached hydrogen (secondary N) is 1. The van der Waals surface area contributed by atoms with Crippen molar-refractivity contribution < 1.29 is 23.1 Å². The molecular formula is C17H17F2NO3S. The number of carbonyl (C=O) groups excluding carboxylic acids is 2. The fourth-order valence-corrected chi connectivity index (χ4v) is 3.07. The summed E-state index contributed by atoms with van der Waals surface area (Å²) in [5, 5.41) is 2.21. The van der Waals surface area contributed by atoms with Gasteiger partial charge in [-0.3, -0.25) is 4.79 Å². The highest BCUT2D eigenvalue weighted by atomic mass is 32.1. The van der Waals surface area contributed by atoms with Gasteiger partial charge in [0.1, 0.15) is 16.5 Å². The second kappa shape index (κ2) is 7.53. The van der Waals surface area contributed by atoms with Gasteiger partial charge < -0.3 is 10.1 Å². The molecule has 1 N–H and O–H groups in total. The van der Waals surface area contributed by atoms with E-state index in [1.807, 2.05) is 13.8 Å². The molecule has 2 aromatic rings. The lowest BCUT2D eigenvalue weighted by Gasteiger charge is -2.13. The van der Waals surface area contributed by atoms with Gasteiger partial charge in [0.2, 0.25) is 0 Å². The molecule has 4 nitrogen and oxygen atoms in total. The minimum absolute atomic E-state index is 0.303. The summed E-state index contributed by atoms with van der Waals surface area (Å²) >= 11 is 1.29. The van der Waals surface area contributed by atoms with Crippen LogP contribution in [-0.4, -0.2) is 18.0 Å². The second-order valence-corrected chi connectivity index (χ2v) is 6.46. The SMILES string of the molecule is CCc1cc(C(=O)O[C@H](C)C(=O)Nc2cc(F)ccc2F)sc1C. The number of hydrogen-bond donors (Lipinski definition) is 1. The number of ether oxygens (including phenoxy) is 1. The lowest BCUT2D eigenvalue weighted by atomic mass is 10.2. The van der Waals surface area contributed by atoms with Crippen LogP contribution >= 0.6 is 11.3 Å². The number of rotatable bonds is 5. The van der Waals surface area contributed by atoms with Crippen LogP contribution in [-0.2, 0) is 16.0 Å². The van der Waals surface area contributed by atoms with Gasteiger partial charge in [0.15, 0.2) is 6.10 Å². The number of anilines is 1. The van der Waals surface area contributed by atoms with E-state index in [-0.39, 0.29) is 5.69 Å². The Morgan fingerprint density at radius 1 is 1.29 bits per heavy atom. The van der Waals surface area contributed by atoms with Gasteiger partial charge in [0, 0.05) is 10.9 Å². The van der Waals surface area contributed by atoms with Crippen LogP contribution < -0.4 is 5.32 Å². The van der Waals surface area contributed by atoms with E-state index in [1.165, 1.54) is 18.3 Å². The van der Waals surface area contributed by atoms with E-state index in [1.54, 1.807) is 6.07 Å². The standard InChI is InChI=1S/C17H17F2NO3S/c1-4-11-7-15(24-10(11)3)17(22)23-9(2)16(21)20-14-8-12(18)5-6-13(14)19/h5-9H,4H2,1-3H3,(H,20,21)/t9-/m1/s1. The number of carbonyl (C=O) groups is 2. The Morgan fingerprint density at radius 3 is 2.62 bits per heavy atom. The third kappa shape index (κ3) is 4.17. The van der Waals surface area contributed by atoms with Gasteiger partial charge in [-0.25, -0.2) is 13.6 Å². The highest BCUT2D eigenvalue weighted by Gasteiger charge is 2.22. The molecule has 0 spiro atoms. The van der Waals surface area contributed by atoms with Crippen molar-refractivity contribution in [2.24, 2.45) is 0 Å². The van der Waals surface area contributed by atoms with E-state index in [0.717, 1.165) is 35.1 Å². The van der Waals surface area contributed by atoms with Crippen LogP contribution in [0.1, 0.15) is 34.0 Å². The summed E-state index contributed by atoms with van der Waals surface area (Å²) in [6, 6.07) is 4.44. The topological polar surface area (TPSA) is 55.4 Å². The monoisotopic (exact) mass is 353 g/mol. The second-order valence-electron chi connectivity index (χ2n) is 5.21. The third-order valence-electron chi connectivity index (χ3n) is 3.44. The highest BCUT2D eigenvalue weighted by molar-refractivity contribution is 7.14.